The summed E-state index contributed by atoms with van der Waals surface area (Å²) in [4.78, 5) is 16.6. The number of hydrogen-bond acceptors (Lipinski definition) is 6. The lowest BCUT2D eigenvalue weighted by atomic mass is 9.87. The summed E-state index contributed by atoms with van der Waals surface area (Å²) in [6, 6.07) is 10.2. The summed E-state index contributed by atoms with van der Waals surface area (Å²) in [5.74, 6) is 0.137. The SMILES string of the molecule is NC(=O)C1(c2ccc(Cl)cc2)NC=CN=C1Nc1cccnn1. The maximum atomic E-state index is 12.3. The van der Waals surface area contributed by atoms with Crippen LogP contribution in [0, 0.1) is 0 Å². The zero-order valence-electron chi connectivity index (χ0n) is 11.9. The minimum Gasteiger partial charge on any atom is -0.367 e. The average Bonchev–Trinajstić information content (AvgIpc) is 2.57. The number of halogens is 1. The van der Waals surface area contributed by atoms with E-state index in [1.807, 2.05) is 0 Å². The Labute approximate surface area is 137 Å². The third kappa shape index (κ3) is 2.74. The molecule has 0 radical (unpaired) electrons. The first-order valence-electron chi connectivity index (χ1n) is 6.74. The number of aromatic nitrogens is 2. The second kappa shape index (κ2) is 6.05. The van der Waals surface area contributed by atoms with Crippen molar-refractivity contribution in [2.75, 3.05) is 5.32 Å². The third-order valence-corrected chi connectivity index (χ3v) is 3.65. The maximum absolute atomic E-state index is 12.3. The minimum absolute atomic E-state index is 0.301. The van der Waals surface area contributed by atoms with Crippen molar-refractivity contribution in [1.29, 1.82) is 0 Å². The molecule has 1 unspecified atom stereocenters. The van der Waals surface area contributed by atoms with Crippen LogP contribution < -0.4 is 16.4 Å². The Balaban J connectivity index is 2.07. The molecule has 1 aliphatic heterocycles. The number of carbonyl (C=O) groups excluding carboxylic acids is 1. The zero-order valence-corrected chi connectivity index (χ0v) is 12.7. The van der Waals surface area contributed by atoms with Crippen molar-refractivity contribution in [3.63, 3.8) is 0 Å². The van der Waals surface area contributed by atoms with E-state index in [1.54, 1.807) is 48.8 Å². The van der Waals surface area contributed by atoms with Crippen molar-refractivity contribution >= 4 is 29.2 Å². The summed E-state index contributed by atoms with van der Waals surface area (Å²) in [5.41, 5.74) is 4.95. The first-order chi connectivity index (χ1) is 11.1. The average molecular weight is 329 g/mol. The number of aliphatic imine (C=N–C) groups is 1. The second-order valence-corrected chi connectivity index (χ2v) is 5.23. The molecule has 0 aliphatic carbocycles. The lowest BCUT2D eigenvalue weighted by Gasteiger charge is -2.34. The molecule has 0 saturated heterocycles. The highest BCUT2D eigenvalue weighted by molar-refractivity contribution is 6.30. The summed E-state index contributed by atoms with van der Waals surface area (Å²) < 4.78 is 0. The van der Waals surface area contributed by atoms with Gasteiger partial charge in [0.25, 0.3) is 5.91 Å². The molecule has 8 heteroatoms. The Hall–Kier alpha value is -2.93. The summed E-state index contributed by atoms with van der Waals surface area (Å²) in [5, 5.41) is 14.3. The van der Waals surface area contributed by atoms with E-state index in [-0.39, 0.29) is 0 Å². The maximum Gasteiger partial charge on any atom is 0.255 e. The molecular weight excluding hydrogens is 316 g/mol. The van der Waals surface area contributed by atoms with Gasteiger partial charge in [-0.25, -0.2) is 4.99 Å². The molecular formula is C15H13ClN6O. The van der Waals surface area contributed by atoms with Gasteiger partial charge in [0.1, 0.15) is 5.84 Å². The van der Waals surface area contributed by atoms with Crippen molar-refractivity contribution < 1.29 is 4.79 Å². The fraction of sp³-hybridized carbons (Fsp3) is 0.0667. The van der Waals surface area contributed by atoms with Crippen molar-refractivity contribution in [1.82, 2.24) is 15.5 Å². The van der Waals surface area contributed by atoms with Gasteiger partial charge >= 0.3 is 0 Å². The quantitative estimate of drug-likeness (QED) is 0.789. The molecule has 0 bridgehead atoms. The molecule has 7 nitrogen and oxygen atoms in total. The van der Waals surface area contributed by atoms with Gasteiger partial charge in [0, 0.05) is 23.6 Å². The van der Waals surface area contributed by atoms with Crippen LogP contribution in [0.2, 0.25) is 5.02 Å². The van der Waals surface area contributed by atoms with Crippen LogP contribution in [0.5, 0.6) is 0 Å². The molecule has 0 saturated carbocycles. The highest BCUT2D eigenvalue weighted by atomic mass is 35.5. The minimum atomic E-state index is -1.35. The number of benzene rings is 1. The first kappa shape index (κ1) is 15.0. The van der Waals surface area contributed by atoms with Crippen LogP contribution in [0.1, 0.15) is 5.56 Å². The van der Waals surface area contributed by atoms with Crippen LogP contribution in [-0.2, 0) is 10.3 Å². The van der Waals surface area contributed by atoms with Crippen LogP contribution in [-0.4, -0.2) is 21.9 Å². The van der Waals surface area contributed by atoms with Crippen LogP contribution in [0.25, 0.3) is 0 Å². The summed E-state index contributed by atoms with van der Waals surface area (Å²) in [6.07, 6.45) is 4.63. The van der Waals surface area contributed by atoms with Crippen molar-refractivity contribution in [2.24, 2.45) is 10.7 Å². The summed E-state index contributed by atoms with van der Waals surface area (Å²) in [7, 11) is 0. The predicted molar refractivity (Wildman–Crippen MR) is 87.7 cm³/mol. The van der Waals surface area contributed by atoms with E-state index in [1.165, 1.54) is 6.20 Å². The fourth-order valence-corrected chi connectivity index (χ4v) is 2.43. The van der Waals surface area contributed by atoms with E-state index in [4.69, 9.17) is 17.3 Å². The molecule has 4 N–H and O–H groups in total. The number of amides is 1. The van der Waals surface area contributed by atoms with Gasteiger partial charge < -0.3 is 16.4 Å². The zero-order chi connectivity index (χ0) is 16.3. The van der Waals surface area contributed by atoms with Gasteiger partial charge in [-0.05, 0) is 29.8 Å². The predicted octanol–water partition coefficient (Wildman–Crippen LogP) is 1.40. The number of rotatable bonds is 3. The van der Waals surface area contributed by atoms with Gasteiger partial charge in [-0.1, -0.05) is 23.7 Å². The molecule has 2 heterocycles. The number of primary amides is 1. The van der Waals surface area contributed by atoms with Crippen LogP contribution in [0.3, 0.4) is 0 Å². The molecule has 1 amide bonds. The Bertz CT molecular complexity index is 774. The number of hydrogen-bond donors (Lipinski definition) is 3. The smallest absolute Gasteiger partial charge is 0.255 e. The van der Waals surface area contributed by atoms with E-state index < -0.39 is 11.4 Å². The van der Waals surface area contributed by atoms with Gasteiger partial charge in [-0.3, -0.25) is 4.79 Å². The number of anilines is 1. The van der Waals surface area contributed by atoms with E-state index in [0.717, 1.165) is 0 Å². The fourth-order valence-electron chi connectivity index (χ4n) is 2.30. The Morgan fingerprint density at radius 1 is 1.26 bits per heavy atom. The molecule has 116 valence electrons. The van der Waals surface area contributed by atoms with Crippen molar-refractivity contribution in [3.8, 4) is 0 Å². The van der Waals surface area contributed by atoms with Crippen molar-refractivity contribution in [2.45, 2.75) is 5.54 Å². The normalized spacial score (nSPS) is 19.6. The number of nitrogens with zero attached hydrogens (tertiary/aromatic N) is 3. The molecule has 1 aromatic carbocycles. The number of amidine groups is 1. The largest absolute Gasteiger partial charge is 0.367 e. The Kier molecular flexibility index (Phi) is 3.94. The number of carbonyl (C=O) groups is 1. The summed E-state index contributed by atoms with van der Waals surface area (Å²) >= 11 is 5.93. The molecule has 0 fully saturated rings. The Morgan fingerprint density at radius 3 is 2.70 bits per heavy atom. The molecule has 1 aliphatic rings. The summed E-state index contributed by atoms with van der Waals surface area (Å²) in [6.45, 7) is 0. The van der Waals surface area contributed by atoms with Gasteiger partial charge in [0.15, 0.2) is 5.82 Å². The van der Waals surface area contributed by atoms with Crippen LogP contribution >= 0.6 is 11.6 Å². The number of nitrogens with one attached hydrogen (secondary N) is 2. The molecule has 23 heavy (non-hydrogen) atoms. The van der Waals surface area contributed by atoms with Gasteiger partial charge in [0.2, 0.25) is 5.54 Å². The number of nitrogens with two attached hydrogens (primary N) is 1. The molecule has 0 spiro atoms. The van der Waals surface area contributed by atoms with Gasteiger partial charge in [-0.2, -0.15) is 5.10 Å². The first-order valence-corrected chi connectivity index (χ1v) is 7.12. The van der Waals surface area contributed by atoms with Crippen LogP contribution in [0.15, 0.2) is 60.0 Å². The Morgan fingerprint density at radius 2 is 2.04 bits per heavy atom. The van der Waals surface area contributed by atoms with E-state index >= 15 is 0 Å². The molecule has 2 aromatic rings. The van der Waals surface area contributed by atoms with E-state index in [0.29, 0.717) is 22.2 Å². The molecule has 3 rings (SSSR count). The topological polar surface area (TPSA) is 105 Å². The molecule has 1 aromatic heterocycles. The van der Waals surface area contributed by atoms with E-state index in [2.05, 4.69) is 25.8 Å². The van der Waals surface area contributed by atoms with Crippen molar-refractivity contribution in [3.05, 3.63) is 65.6 Å². The van der Waals surface area contributed by atoms with Gasteiger partial charge in [0.05, 0.1) is 0 Å². The van der Waals surface area contributed by atoms with Crippen LogP contribution in [0.4, 0.5) is 5.82 Å². The highest BCUT2D eigenvalue weighted by Crippen LogP contribution is 2.27. The highest BCUT2D eigenvalue weighted by Gasteiger charge is 2.44. The lowest BCUT2D eigenvalue weighted by molar-refractivity contribution is -0.121. The monoisotopic (exact) mass is 328 g/mol. The lowest BCUT2D eigenvalue weighted by Crippen LogP contribution is -2.59. The molecule has 1 atom stereocenters. The standard InChI is InChI=1S/C15H13ClN6O/c16-11-5-3-10(4-6-11)15(13(17)23)14(18-8-9-19-15)21-12-2-1-7-20-22-12/h1-9,19H,(H2,17,23)(H,18,21,22). The van der Waals surface area contributed by atoms with Gasteiger partial charge in [-0.15, -0.1) is 5.10 Å². The second-order valence-electron chi connectivity index (χ2n) is 4.79. The third-order valence-electron chi connectivity index (χ3n) is 3.40. The van der Waals surface area contributed by atoms with E-state index in [9.17, 15) is 4.79 Å².